The molecule has 0 saturated carbocycles. The smallest absolute Gasteiger partial charge is 0.407 e. The molecule has 2 aromatic rings. The van der Waals surface area contributed by atoms with Gasteiger partial charge < -0.3 is 20.1 Å². The second-order valence-electron chi connectivity index (χ2n) is 9.68. The van der Waals surface area contributed by atoms with E-state index in [0.29, 0.717) is 11.5 Å². The minimum absolute atomic E-state index is 0.00594. The number of hydrogen-bond acceptors (Lipinski definition) is 5. The predicted octanol–water partition coefficient (Wildman–Crippen LogP) is 4.03. The van der Waals surface area contributed by atoms with Gasteiger partial charge in [-0.05, 0) is 44.0 Å². The molecule has 6 heteroatoms. The summed E-state index contributed by atoms with van der Waals surface area (Å²) in [4.78, 5) is 18.4. The normalized spacial score (nSPS) is 17.8. The van der Waals surface area contributed by atoms with Crippen molar-refractivity contribution in [2.45, 2.75) is 58.8 Å². The third-order valence-electron chi connectivity index (χ3n) is 6.10. The second kappa shape index (κ2) is 8.97. The Hall–Kier alpha value is -2.44. The fourth-order valence-electron chi connectivity index (χ4n) is 4.54. The molecule has 1 aliphatic rings. The number of benzene rings is 1. The van der Waals surface area contributed by atoms with E-state index in [1.807, 2.05) is 32.0 Å². The van der Waals surface area contributed by atoms with Crippen molar-refractivity contribution in [3.05, 3.63) is 65.0 Å². The van der Waals surface area contributed by atoms with Crippen molar-refractivity contribution >= 4 is 6.09 Å². The van der Waals surface area contributed by atoms with Gasteiger partial charge >= 0.3 is 6.09 Å². The number of nitrogens with one attached hydrogen (secondary N) is 1. The van der Waals surface area contributed by atoms with Crippen LogP contribution in [0.5, 0.6) is 0 Å². The summed E-state index contributed by atoms with van der Waals surface area (Å²) in [6, 6.07) is 10.1. The zero-order valence-electron chi connectivity index (χ0n) is 19.5. The first-order valence-corrected chi connectivity index (χ1v) is 10.9. The molecule has 0 bridgehead atoms. The first-order chi connectivity index (χ1) is 14.5. The highest BCUT2D eigenvalue weighted by molar-refractivity contribution is 5.67. The van der Waals surface area contributed by atoms with Gasteiger partial charge in [-0.2, -0.15) is 0 Å². The molecule has 1 aromatic carbocycles. The number of nitrogens with zero attached hydrogens (tertiary/aromatic N) is 2. The van der Waals surface area contributed by atoms with Crippen molar-refractivity contribution < 1.29 is 14.6 Å². The van der Waals surface area contributed by atoms with E-state index in [-0.39, 0.29) is 18.1 Å². The Bertz CT molecular complexity index is 904. The zero-order chi connectivity index (χ0) is 22.8. The number of aliphatic hydroxyl groups is 1. The van der Waals surface area contributed by atoms with E-state index in [4.69, 9.17) is 4.74 Å². The maximum atomic E-state index is 12.2. The van der Waals surface area contributed by atoms with E-state index < -0.39 is 11.7 Å². The Morgan fingerprint density at radius 2 is 1.84 bits per heavy atom. The Balaban J connectivity index is 1.94. The van der Waals surface area contributed by atoms with Gasteiger partial charge in [0.25, 0.3) is 0 Å². The number of pyridine rings is 1. The van der Waals surface area contributed by atoms with Crippen LogP contribution in [-0.2, 0) is 16.9 Å². The number of carbonyl (C=O) groups is 1. The minimum atomic E-state index is -1.21. The van der Waals surface area contributed by atoms with Crippen LogP contribution in [0.4, 0.5) is 4.79 Å². The average Bonchev–Trinajstić information content (AvgIpc) is 2.70. The Labute approximate surface area is 185 Å². The maximum absolute atomic E-state index is 12.2. The van der Waals surface area contributed by atoms with Crippen LogP contribution in [0.3, 0.4) is 0 Å². The van der Waals surface area contributed by atoms with E-state index in [9.17, 15) is 9.90 Å². The van der Waals surface area contributed by atoms with Gasteiger partial charge in [0.15, 0.2) is 0 Å². The van der Waals surface area contributed by atoms with Gasteiger partial charge in [0, 0.05) is 48.1 Å². The van der Waals surface area contributed by atoms with Crippen LogP contribution in [0, 0.1) is 5.41 Å². The van der Waals surface area contributed by atoms with Gasteiger partial charge in [-0.1, -0.05) is 45.0 Å². The van der Waals surface area contributed by atoms with Crippen molar-refractivity contribution in [3.8, 4) is 0 Å². The highest BCUT2D eigenvalue weighted by Crippen LogP contribution is 2.50. The van der Waals surface area contributed by atoms with Crippen LogP contribution in [0.1, 0.15) is 62.8 Å². The topological polar surface area (TPSA) is 74.7 Å². The molecule has 168 valence electrons. The van der Waals surface area contributed by atoms with Crippen LogP contribution < -0.4 is 5.32 Å². The molecule has 2 heterocycles. The molecule has 6 nitrogen and oxygen atoms in total. The van der Waals surface area contributed by atoms with E-state index in [2.05, 4.69) is 55.2 Å². The molecule has 0 spiro atoms. The summed E-state index contributed by atoms with van der Waals surface area (Å²) < 4.78 is 5.32. The molecule has 0 radical (unpaired) electrons. The molecular weight excluding hydrogens is 390 g/mol. The van der Waals surface area contributed by atoms with Crippen LogP contribution in [-0.4, -0.2) is 47.3 Å². The minimum Gasteiger partial charge on any atom is -0.445 e. The summed E-state index contributed by atoms with van der Waals surface area (Å²) in [6.07, 6.45) is 2.92. The van der Waals surface area contributed by atoms with Gasteiger partial charge in [0.2, 0.25) is 0 Å². The molecule has 0 aliphatic carbocycles. The number of ether oxygens (including phenoxy) is 1. The molecule has 1 saturated heterocycles. The molecule has 1 amide bonds. The van der Waals surface area contributed by atoms with Crippen LogP contribution in [0.15, 0.2) is 42.7 Å². The molecule has 1 fully saturated rings. The highest BCUT2D eigenvalue weighted by atomic mass is 16.5. The third kappa shape index (κ3) is 4.75. The van der Waals surface area contributed by atoms with Gasteiger partial charge in [0.1, 0.15) is 12.2 Å². The summed E-state index contributed by atoms with van der Waals surface area (Å²) in [5.74, 6) is 0.423. The van der Waals surface area contributed by atoms with Crippen molar-refractivity contribution in [2.75, 3.05) is 20.1 Å². The second-order valence-corrected chi connectivity index (χ2v) is 9.68. The number of likely N-dealkylation sites (tertiary alicyclic amines) is 1. The van der Waals surface area contributed by atoms with Gasteiger partial charge in [-0.25, -0.2) is 4.79 Å². The van der Waals surface area contributed by atoms with Crippen molar-refractivity contribution in [3.63, 3.8) is 0 Å². The van der Waals surface area contributed by atoms with Crippen LogP contribution in [0.25, 0.3) is 0 Å². The summed E-state index contributed by atoms with van der Waals surface area (Å²) in [5.41, 5.74) is 1.97. The van der Waals surface area contributed by atoms with Gasteiger partial charge in [0.05, 0.1) is 0 Å². The largest absolute Gasteiger partial charge is 0.445 e. The molecule has 0 unspecified atom stereocenters. The Morgan fingerprint density at radius 1 is 1.19 bits per heavy atom. The summed E-state index contributed by atoms with van der Waals surface area (Å²) in [6.45, 7) is 11.8. The Kier molecular flexibility index (Phi) is 6.72. The van der Waals surface area contributed by atoms with Crippen LogP contribution >= 0.6 is 0 Å². The summed E-state index contributed by atoms with van der Waals surface area (Å²) >= 11 is 0. The monoisotopic (exact) mass is 425 g/mol. The van der Waals surface area contributed by atoms with Gasteiger partial charge in [-0.3, -0.25) is 4.98 Å². The van der Waals surface area contributed by atoms with E-state index in [0.717, 1.165) is 24.2 Å². The lowest BCUT2D eigenvalue weighted by Crippen LogP contribution is -2.63. The van der Waals surface area contributed by atoms with E-state index in [1.54, 1.807) is 12.4 Å². The van der Waals surface area contributed by atoms with Crippen molar-refractivity contribution in [1.29, 1.82) is 0 Å². The molecule has 2 N–H and O–H groups in total. The maximum Gasteiger partial charge on any atom is 0.407 e. The van der Waals surface area contributed by atoms with Crippen LogP contribution in [0.2, 0.25) is 0 Å². The number of alkyl carbamates (subject to hydrolysis) is 1. The SMILES string of the molecule is CC(C)NC(=O)OCc1cncc([C@@](O)(c2ccc(C(C)C)cc2)C2(C)CN(C)C2)c1. The average molecular weight is 426 g/mol. The van der Waals surface area contributed by atoms with Crippen molar-refractivity contribution in [2.24, 2.45) is 5.41 Å². The lowest BCUT2D eigenvalue weighted by molar-refractivity contribution is -0.127. The Morgan fingerprint density at radius 3 is 2.39 bits per heavy atom. The molecule has 1 aromatic heterocycles. The van der Waals surface area contributed by atoms with Crippen molar-refractivity contribution in [1.82, 2.24) is 15.2 Å². The van der Waals surface area contributed by atoms with E-state index >= 15 is 0 Å². The van der Waals surface area contributed by atoms with Gasteiger partial charge in [-0.15, -0.1) is 0 Å². The fourth-order valence-corrected chi connectivity index (χ4v) is 4.54. The number of hydrogen-bond donors (Lipinski definition) is 2. The fraction of sp³-hybridized carbons (Fsp3) is 0.520. The number of amides is 1. The summed E-state index contributed by atoms with van der Waals surface area (Å²) in [7, 11) is 2.06. The molecule has 1 aliphatic heterocycles. The first-order valence-electron chi connectivity index (χ1n) is 10.9. The zero-order valence-corrected chi connectivity index (χ0v) is 19.5. The molecule has 1 atom stereocenters. The highest BCUT2D eigenvalue weighted by Gasteiger charge is 2.55. The predicted molar refractivity (Wildman–Crippen MR) is 122 cm³/mol. The van der Waals surface area contributed by atoms with E-state index in [1.165, 1.54) is 5.56 Å². The lowest BCUT2D eigenvalue weighted by atomic mass is 9.62. The quantitative estimate of drug-likeness (QED) is 0.701. The first kappa shape index (κ1) is 23.2. The number of aromatic nitrogens is 1. The number of rotatable bonds is 7. The number of carbonyl (C=O) groups excluding carboxylic acids is 1. The lowest BCUT2D eigenvalue weighted by Gasteiger charge is -2.55. The molecule has 3 rings (SSSR count). The standard InChI is InChI=1S/C25H35N3O3/c1-17(2)20-7-9-21(10-8-20)25(30,24(5)15-28(6)16-24)22-11-19(12-26-13-22)14-31-23(29)27-18(3)4/h7-13,17-18,30H,14-16H2,1-6H3,(H,27,29)/t25-/m0/s1. The summed E-state index contributed by atoms with van der Waals surface area (Å²) in [5, 5.41) is 14.9. The third-order valence-corrected chi connectivity index (χ3v) is 6.10. The molecule has 31 heavy (non-hydrogen) atoms. The molecular formula is C25H35N3O3.